The number of aromatic nitrogens is 2. The lowest BCUT2D eigenvalue weighted by atomic mass is 9.94. The van der Waals surface area contributed by atoms with Crippen LogP contribution in [0.1, 0.15) is 44.6 Å². The standard InChI is InChI=1S/C18H25N3/c1-7-19-16-13(3)15(14-10-8-12(2)9-11-14)20-17(21-16)18(4,5)6/h8-11H,7H2,1-6H3,(H,19,20,21). The van der Waals surface area contributed by atoms with Crippen LogP contribution in [0.25, 0.3) is 11.3 Å². The van der Waals surface area contributed by atoms with Gasteiger partial charge in [-0.2, -0.15) is 0 Å². The third-order valence-corrected chi connectivity index (χ3v) is 3.49. The fraction of sp³-hybridized carbons (Fsp3) is 0.444. The predicted octanol–water partition coefficient (Wildman–Crippen LogP) is 4.49. The number of hydrogen-bond acceptors (Lipinski definition) is 3. The second-order valence-corrected chi connectivity index (χ2v) is 6.52. The van der Waals surface area contributed by atoms with Crippen LogP contribution in [0.5, 0.6) is 0 Å². The summed E-state index contributed by atoms with van der Waals surface area (Å²) in [5, 5.41) is 3.36. The molecule has 0 aliphatic rings. The molecule has 0 aliphatic heterocycles. The highest BCUT2D eigenvalue weighted by Gasteiger charge is 2.21. The lowest BCUT2D eigenvalue weighted by Gasteiger charge is -2.21. The Balaban J connectivity index is 2.63. The van der Waals surface area contributed by atoms with Crippen LogP contribution in [0, 0.1) is 13.8 Å². The van der Waals surface area contributed by atoms with Gasteiger partial charge < -0.3 is 5.32 Å². The van der Waals surface area contributed by atoms with Crippen molar-refractivity contribution >= 4 is 5.82 Å². The molecule has 1 N–H and O–H groups in total. The number of benzene rings is 1. The summed E-state index contributed by atoms with van der Waals surface area (Å²) in [6, 6.07) is 8.51. The van der Waals surface area contributed by atoms with Gasteiger partial charge in [0.05, 0.1) is 5.69 Å². The Morgan fingerprint density at radius 1 is 1.00 bits per heavy atom. The molecule has 3 nitrogen and oxygen atoms in total. The van der Waals surface area contributed by atoms with E-state index in [9.17, 15) is 0 Å². The van der Waals surface area contributed by atoms with E-state index in [1.165, 1.54) is 5.56 Å². The van der Waals surface area contributed by atoms with Crippen molar-refractivity contribution in [3.63, 3.8) is 0 Å². The Labute approximate surface area is 127 Å². The Kier molecular flexibility index (Phi) is 4.31. The first-order chi connectivity index (χ1) is 9.82. The van der Waals surface area contributed by atoms with Gasteiger partial charge in [0, 0.05) is 23.1 Å². The highest BCUT2D eigenvalue weighted by Crippen LogP contribution is 2.29. The van der Waals surface area contributed by atoms with E-state index < -0.39 is 0 Å². The van der Waals surface area contributed by atoms with Crippen molar-refractivity contribution in [1.29, 1.82) is 0 Å². The molecule has 1 aromatic carbocycles. The van der Waals surface area contributed by atoms with E-state index in [1.54, 1.807) is 0 Å². The third-order valence-electron chi connectivity index (χ3n) is 3.49. The molecule has 3 heteroatoms. The topological polar surface area (TPSA) is 37.8 Å². The lowest BCUT2D eigenvalue weighted by molar-refractivity contribution is 0.546. The van der Waals surface area contributed by atoms with Gasteiger partial charge in [0.2, 0.25) is 0 Å². The summed E-state index contributed by atoms with van der Waals surface area (Å²) in [7, 11) is 0. The molecule has 1 aromatic heterocycles. The van der Waals surface area contributed by atoms with Crippen LogP contribution in [-0.4, -0.2) is 16.5 Å². The molecule has 0 radical (unpaired) electrons. The molecule has 0 atom stereocenters. The molecule has 0 saturated heterocycles. The molecular formula is C18H25N3. The van der Waals surface area contributed by atoms with Gasteiger partial charge in [-0.05, 0) is 20.8 Å². The number of nitrogens with one attached hydrogen (secondary N) is 1. The second-order valence-electron chi connectivity index (χ2n) is 6.52. The van der Waals surface area contributed by atoms with Gasteiger partial charge in [-0.3, -0.25) is 0 Å². The molecule has 2 aromatic rings. The average molecular weight is 283 g/mol. The van der Waals surface area contributed by atoms with Crippen molar-refractivity contribution in [3.8, 4) is 11.3 Å². The highest BCUT2D eigenvalue weighted by molar-refractivity contribution is 5.68. The normalized spacial score (nSPS) is 11.5. The number of nitrogens with zero attached hydrogens (tertiary/aromatic N) is 2. The van der Waals surface area contributed by atoms with Gasteiger partial charge in [0.15, 0.2) is 0 Å². The van der Waals surface area contributed by atoms with Crippen molar-refractivity contribution < 1.29 is 0 Å². The molecule has 0 amide bonds. The van der Waals surface area contributed by atoms with Crippen LogP contribution in [0.15, 0.2) is 24.3 Å². The van der Waals surface area contributed by atoms with Gasteiger partial charge in [-0.25, -0.2) is 9.97 Å². The van der Waals surface area contributed by atoms with Gasteiger partial charge in [-0.1, -0.05) is 50.6 Å². The zero-order valence-electron chi connectivity index (χ0n) is 13.9. The predicted molar refractivity (Wildman–Crippen MR) is 89.8 cm³/mol. The maximum absolute atomic E-state index is 4.84. The van der Waals surface area contributed by atoms with E-state index in [0.29, 0.717) is 0 Å². The maximum Gasteiger partial charge on any atom is 0.136 e. The van der Waals surface area contributed by atoms with Crippen LogP contribution in [-0.2, 0) is 5.41 Å². The molecular weight excluding hydrogens is 258 g/mol. The lowest BCUT2D eigenvalue weighted by Crippen LogP contribution is -2.19. The molecule has 0 saturated carbocycles. The van der Waals surface area contributed by atoms with E-state index in [1.807, 2.05) is 0 Å². The molecule has 0 aliphatic carbocycles. The van der Waals surface area contributed by atoms with Crippen molar-refractivity contribution in [2.45, 2.75) is 47.0 Å². The SMILES string of the molecule is CCNc1nc(C(C)(C)C)nc(-c2ccc(C)cc2)c1C. The van der Waals surface area contributed by atoms with Crippen LogP contribution < -0.4 is 5.32 Å². The maximum atomic E-state index is 4.84. The minimum Gasteiger partial charge on any atom is -0.370 e. The van der Waals surface area contributed by atoms with Crippen LogP contribution in [0.3, 0.4) is 0 Å². The van der Waals surface area contributed by atoms with Crippen LogP contribution >= 0.6 is 0 Å². The van der Waals surface area contributed by atoms with Gasteiger partial charge in [-0.15, -0.1) is 0 Å². The second kappa shape index (κ2) is 5.84. The monoisotopic (exact) mass is 283 g/mol. The minimum absolute atomic E-state index is 0.0721. The first kappa shape index (κ1) is 15.5. The Hall–Kier alpha value is -1.90. The van der Waals surface area contributed by atoms with E-state index in [2.05, 4.69) is 71.1 Å². The fourth-order valence-electron chi connectivity index (χ4n) is 2.18. The summed E-state index contributed by atoms with van der Waals surface area (Å²) >= 11 is 0. The van der Waals surface area contributed by atoms with Gasteiger partial charge in [0.25, 0.3) is 0 Å². The smallest absolute Gasteiger partial charge is 0.136 e. The number of hydrogen-bond donors (Lipinski definition) is 1. The summed E-state index contributed by atoms with van der Waals surface area (Å²) in [6.45, 7) is 13.6. The number of aryl methyl sites for hydroxylation is 1. The van der Waals surface area contributed by atoms with Crippen LogP contribution in [0.2, 0.25) is 0 Å². The zero-order chi connectivity index (χ0) is 15.6. The largest absolute Gasteiger partial charge is 0.370 e. The summed E-state index contributed by atoms with van der Waals surface area (Å²) in [5.41, 5.74) is 4.45. The fourth-order valence-corrected chi connectivity index (χ4v) is 2.18. The first-order valence-corrected chi connectivity index (χ1v) is 7.53. The molecule has 112 valence electrons. The average Bonchev–Trinajstić information content (AvgIpc) is 2.41. The van der Waals surface area contributed by atoms with Gasteiger partial charge >= 0.3 is 0 Å². The molecule has 0 fully saturated rings. The molecule has 0 spiro atoms. The minimum atomic E-state index is -0.0721. The summed E-state index contributed by atoms with van der Waals surface area (Å²) in [6.07, 6.45) is 0. The summed E-state index contributed by atoms with van der Waals surface area (Å²) in [4.78, 5) is 9.55. The quantitative estimate of drug-likeness (QED) is 0.902. The highest BCUT2D eigenvalue weighted by atomic mass is 15.0. The first-order valence-electron chi connectivity index (χ1n) is 7.53. The molecule has 1 heterocycles. The van der Waals surface area contributed by atoms with E-state index in [-0.39, 0.29) is 5.41 Å². The zero-order valence-corrected chi connectivity index (χ0v) is 13.9. The number of anilines is 1. The van der Waals surface area contributed by atoms with Crippen molar-refractivity contribution in [2.24, 2.45) is 0 Å². The Bertz CT molecular complexity index is 622. The summed E-state index contributed by atoms with van der Waals surface area (Å²) < 4.78 is 0. The summed E-state index contributed by atoms with van der Waals surface area (Å²) in [5.74, 6) is 1.81. The van der Waals surface area contributed by atoms with Crippen molar-refractivity contribution in [1.82, 2.24) is 9.97 Å². The van der Waals surface area contributed by atoms with Crippen molar-refractivity contribution in [2.75, 3.05) is 11.9 Å². The van der Waals surface area contributed by atoms with E-state index >= 15 is 0 Å². The third kappa shape index (κ3) is 3.41. The molecule has 0 unspecified atom stereocenters. The van der Waals surface area contributed by atoms with E-state index in [4.69, 9.17) is 9.97 Å². The Morgan fingerprint density at radius 3 is 2.14 bits per heavy atom. The van der Waals surface area contributed by atoms with Gasteiger partial charge in [0.1, 0.15) is 11.6 Å². The molecule has 2 rings (SSSR count). The Morgan fingerprint density at radius 2 is 1.62 bits per heavy atom. The molecule has 21 heavy (non-hydrogen) atoms. The molecule has 0 bridgehead atoms. The van der Waals surface area contributed by atoms with Crippen molar-refractivity contribution in [3.05, 3.63) is 41.2 Å². The van der Waals surface area contributed by atoms with E-state index in [0.717, 1.165) is 35.0 Å². The number of rotatable bonds is 3. The van der Waals surface area contributed by atoms with Crippen LogP contribution in [0.4, 0.5) is 5.82 Å².